The van der Waals surface area contributed by atoms with Crippen LogP contribution >= 0.6 is 0 Å². The van der Waals surface area contributed by atoms with Gasteiger partial charge in [-0.05, 0) is 99.0 Å². The third-order valence-electron chi connectivity index (χ3n) is 8.41. The monoisotopic (exact) mass is 445 g/mol. The Labute approximate surface area is 204 Å². The number of aryl methyl sites for hydroxylation is 1. The maximum Gasteiger partial charge on any atom is 0.0912 e. The first-order valence-corrected chi connectivity index (χ1v) is 14.1. The van der Waals surface area contributed by atoms with Gasteiger partial charge in [0.25, 0.3) is 0 Å². The molecule has 2 aliphatic carbocycles. The highest BCUT2D eigenvalue weighted by Crippen LogP contribution is 2.40. The topological polar surface area (TPSA) is 23.8 Å². The van der Waals surface area contributed by atoms with Crippen LogP contribution in [0.3, 0.4) is 0 Å². The van der Waals surface area contributed by atoms with Gasteiger partial charge in [-0.2, -0.15) is 5.26 Å². The summed E-state index contributed by atoms with van der Waals surface area (Å²) in [5.41, 5.74) is 3.13. The second-order valence-electron chi connectivity index (χ2n) is 10.9. The molecule has 2 aliphatic rings. The number of hydrogen-bond acceptors (Lipinski definition) is 1. The predicted octanol–water partition coefficient (Wildman–Crippen LogP) is 9.70. The van der Waals surface area contributed by atoms with E-state index in [0.717, 1.165) is 23.7 Å². The van der Waals surface area contributed by atoms with Crippen LogP contribution < -0.4 is 0 Å². The van der Waals surface area contributed by atoms with E-state index in [0.29, 0.717) is 0 Å². The van der Waals surface area contributed by atoms with Gasteiger partial charge < -0.3 is 0 Å². The van der Waals surface area contributed by atoms with E-state index in [9.17, 15) is 0 Å². The van der Waals surface area contributed by atoms with Gasteiger partial charge in [0, 0.05) is 6.08 Å². The van der Waals surface area contributed by atoms with E-state index in [4.69, 9.17) is 5.26 Å². The Hall–Kier alpha value is -1.81. The minimum Gasteiger partial charge on any atom is -0.193 e. The molecule has 0 atom stereocenters. The summed E-state index contributed by atoms with van der Waals surface area (Å²) in [5, 5.41) is 8.56. The second kappa shape index (κ2) is 15.2. The maximum absolute atomic E-state index is 8.56. The van der Waals surface area contributed by atoms with Crippen LogP contribution in [-0.2, 0) is 6.42 Å². The highest BCUT2D eigenvalue weighted by atomic mass is 14.3. The van der Waals surface area contributed by atoms with Gasteiger partial charge in [0.2, 0.25) is 0 Å². The van der Waals surface area contributed by atoms with Gasteiger partial charge in [0.1, 0.15) is 0 Å². The molecule has 2 saturated carbocycles. The third-order valence-corrected chi connectivity index (χ3v) is 8.41. The molecule has 1 heteroatoms. The Morgan fingerprint density at radius 2 is 1.42 bits per heavy atom. The number of nitrogens with zero attached hydrogens (tertiary/aromatic N) is 1. The Balaban J connectivity index is 1.29. The average Bonchev–Trinajstić information content (AvgIpc) is 2.87. The van der Waals surface area contributed by atoms with Crippen LogP contribution in [0.2, 0.25) is 0 Å². The van der Waals surface area contributed by atoms with Crippen molar-refractivity contribution in [2.75, 3.05) is 0 Å². The van der Waals surface area contributed by atoms with Gasteiger partial charge in [0.15, 0.2) is 0 Å². The molecule has 180 valence electrons. The fourth-order valence-electron chi connectivity index (χ4n) is 6.13. The molecule has 1 nitrogen and oxygen atoms in total. The molecule has 0 amide bonds. The first-order valence-electron chi connectivity index (χ1n) is 14.1. The number of nitriles is 1. The molecule has 0 radical (unpaired) electrons. The van der Waals surface area contributed by atoms with Crippen molar-refractivity contribution < 1.29 is 0 Å². The minimum atomic E-state index is 0.729. The van der Waals surface area contributed by atoms with E-state index < -0.39 is 0 Å². The molecule has 0 bridgehead atoms. The zero-order valence-electron chi connectivity index (χ0n) is 21.2. The summed E-state index contributed by atoms with van der Waals surface area (Å²) in [4.78, 5) is 0. The molecule has 0 aromatic heterocycles. The Morgan fingerprint density at radius 1 is 0.788 bits per heavy atom. The molecule has 0 aliphatic heterocycles. The molecule has 0 saturated heterocycles. The minimum absolute atomic E-state index is 0.729. The molecule has 0 N–H and O–H groups in total. The zero-order valence-corrected chi connectivity index (χ0v) is 21.2. The third kappa shape index (κ3) is 9.52. The fourth-order valence-corrected chi connectivity index (χ4v) is 6.13. The lowest BCUT2D eigenvalue weighted by Crippen LogP contribution is -2.17. The van der Waals surface area contributed by atoms with Crippen LogP contribution in [0.25, 0.3) is 0 Å². The first-order chi connectivity index (χ1) is 16.3. The van der Waals surface area contributed by atoms with Crippen LogP contribution in [0.4, 0.5) is 0 Å². The zero-order chi connectivity index (χ0) is 23.1. The molecule has 2 fully saturated rings. The van der Waals surface area contributed by atoms with Crippen LogP contribution in [0, 0.1) is 29.1 Å². The number of rotatable bonds is 12. The van der Waals surface area contributed by atoms with Crippen LogP contribution in [0.1, 0.15) is 120 Å². The molecular formula is C32H47N. The van der Waals surface area contributed by atoms with Gasteiger partial charge in [-0.1, -0.05) is 87.9 Å². The standard InChI is InChI=1S/C32H47N/c1-2-3-4-5-7-10-28-18-22-31(23-19-28)32-24-20-30(21-25-32)17-16-29-14-12-27(13-15-29)11-8-6-9-26-33/h6,8-9,11,18-19,22-23,27,29-30,32H,2-5,7,10,12-17,20-21,24-25H2,1H3/t27-,29-,30-,32-. The van der Waals surface area contributed by atoms with Crippen molar-refractivity contribution in [3.8, 4) is 6.07 Å². The largest absolute Gasteiger partial charge is 0.193 e. The van der Waals surface area contributed by atoms with E-state index in [1.54, 1.807) is 11.6 Å². The summed E-state index contributed by atoms with van der Waals surface area (Å²) in [5.74, 6) is 3.46. The Morgan fingerprint density at radius 3 is 2.06 bits per heavy atom. The van der Waals surface area contributed by atoms with Crippen molar-refractivity contribution in [3.63, 3.8) is 0 Å². The van der Waals surface area contributed by atoms with E-state index in [2.05, 4.69) is 49.4 Å². The van der Waals surface area contributed by atoms with Gasteiger partial charge in [-0.3, -0.25) is 0 Å². The Bertz CT molecular complexity index is 734. The van der Waals surface area contributed by atoms with E-state index >= 15 is 0 Å². The molecule has 33 heavy (non-hydrogen) atoms. The van der Waals surface area contributed by atoms with Crippen LogP contribution in [0.15, 0.2) is 48.6 Å². The average molecular weight is 446 g/mol. The number of allylic oxidation sites excluding steroid dienone is 4. The summed E-state index contributed by atoms with van der Waals surface area (Å²) in [6.45, 7) is 2.29. The lowest BCUT2D eigenvalue weighted by Gasteiger charge is -2.31. The SMILES string of the molecule is CCCCCCCc1ccc([C@H]2CC[C@H](CC[C@H]3CC[C@H](C=CC=CC#N)CC3)CC2)cc1. The molecule has 0 spiro atoms. The van der Waals surface area contributed by atoms with Crippen LogP contribution in [-0.4, -0.2) is 0 Å². The lowest BCUT2D eigenvalue weighted by molar-refractivity contribution is 0.246. The van der Waals surface area contributed by atoms with E-state index in [1.165, 1.54) is 108 Å². The first kappa shape index (κ1) is 25.8. The van der Waals surface area contributed by atoms with E-state index in [-0.39, 0.29) is 0 Å². The molecule has 3 rings (SSSR count). The summed E-state index contributed by atoms with van der Waals surface area (Å²) in [6.07, 6.45) is 30.0. The summed E-state index contributed by atoms with van der Waals surface area (Å²) >= 11 is 0. The Kier molecular flexibility index (Phi) is 11.9. The van der Waals surface area contributed by atoms with E-state index in [1.807, 2.05) is 6.08 Å². The fraction of sp³-hybridized carbons (Fsp3) is 0.656. The number of unbranched alkanes of at least 4 members (excludes halogenated alkanes) is 4. The smallest absolute Gasteiger partial charge is 0.0912 e. The van der Waals surface area contributed by atoms with Gasteiger partial charge in [0.05, 0.1) is 6.07 Å². The van der Waals surface area contributed by atoms with Gasteiger partial charge in [-0.15, -0.1) is 0 Å². The highest BCUT2D eigenvalue weighted by Gasteiger charge is 2.24. The van der Waals surface area contributed by atoms with Crippen molar-refractivity contribution in [2.24, 2.45) is 17.8 Å². The number of benzene rings is 1. The second-order valence-corrected chi connectivity index (χ2v) is 10.9. The van der Waals surface area contributed by atoms with Crippen molar-refractivity contribution in [3.05, 3.63) is 59.7 Å². The molecular weight excluding hydrogens is 398 g/mol. The molecule has 0 heterocycles. The van der Waals surface area contributed by atoms with Crippen molar-refractivity contribution in [2.45, 2.75) is 116 Å². The van der Waals surface area contributed by atoms with Crippen molar-refractivity contribution in [1.82, 2.24) is 0 Å². The molecule has 0 unspecified atom stereocenters. The maximum atomic E-state index is 8.56. The summed E-state index contributed by atoms with van der Waals surface area (Å²) in [7, 11) is 0. The summed E-state index contributed by atoms with van der Waals surface area (Å²) < 4.78 is 0. The normalized spacial score (nSPS) is 26.1. The van der Waals surface area contributed by atoms with Gasteiger partial charge >= 0.3 is 0 Å². The van der Waals surface area contributed by atoms with Crippen molar-refractivity contribution in [1.29, 1.82) is 5.26 Å². The molecule has 1 aromatic rings. The number of hydrogen-bond donors (Lipinski definition) is 0. The summed E-state index contributed by atoms with van der Waals surface area (Å²) in [6, 6.07) is 11.8. The van der Waals surface area contributed by atoms with Crippen LogP contribution in [0.5, 0.6) is 0 Å². The van der Waals surface area contributed by atoms with Gasteiger partial charge in [-0.25, -0.2) is 0 Å². The quantitative estimate of drug-likeness (QED) is 0.178. The highest BCUT2D eigenvalue weighted by molar-refractivity contribution is 5.26. The lowest BCUT2D eigenvalue weighted by atomic mass is 9.74. The van der Waals surface area contributed by atoms with Crippen molar-refractivity contribution >= 4 is 0 Å². The molecule has 1 aromatic carbocycles. The predicted molar refractivity (Wildman–Crippen MR) is 142 cm³/mol.